The molecule has 0 unspecified atom stereocenters. The summed E-state index contributed by atoms with van der Waals surface area (Å²) >= 11 is 0. The van der Waals surface area contributed by atoms with E-state index in [1.807, 2.05) is 6.07 Å². The van der Waals surface area contributed by atoms with Crippen LogP contribution < -0.4 is 16.2 Å². The van der Waals surface area contributed by atoms with Gasteiger partial charge in [0.2, 0.25) is 10.0 Å². The molecule has 1 aromatic carbocycles. The smallest absolute Gasteiger partial charge is 0.238 e. The van der Waals surface area contributed by atoms with E-state index in [1.165, 1.54) is 6.07 Å². The fourth-order valence-corrected chi connectivity index (χ4v) is 3.00. The quantitative estimate of drug-likeness (QED) is 0.757. The standard InChI is InChI=1S/C13H21N3O2S/c14-11-4-6-12(7-5-11)16-9-10-2-1-3-13(8-10)19(15,17)18/h1-3,8,11-12,16H,4-7,9,14H2,(H2,15,17,18). The van der Waals surface area contributed by atoms with Crippen molar-refractivity contribution < 1.29 is 8.42 Å². The molecule has 5 nitrogen and oxygen atoms in total. The first-order valence-electron chi connectivity index (χ1n) is 6.56. The minimum Gasteiger partial charge on any atom is -0.328 e. The lowest BCUT2D eigenvalue weighted by atomic mass is 9.92. The molecule has 1 aliphatic carbocycles. The van der Waals surface area contributed by atoms with E-state index < -0.39 is 10.0 Å². The van der Waals surface area contributed by atoms with Crippen LogP contribution in [-0.4, -0.2) is 20.5 Å². The Morgan fingerprint density at radius 3 is 2.53 bits per heavy atom. The van der Waals surface area contributed by atoms with Crippen LogP contribution in [0.3, 0.4) is 0 Å². The maximum atomic E-state index is 11.3. The average Bonchev–Trinajstić information content (AvgIpc) is 2.37. The van der Waals surface area contributed by atoms with Gasteiger partial charge < -0.3 is 11.1 Å². The normalized spacial score (nSPS) is 24.3. The molecular weight excluding hydrogens is 262 g/mol. The molecule has 0 amide bonds. The van der Waals surface area contributed by atoms with Crippen molar-refractivity contribution in [3.63, 3.8) is 0 Å². The zero-order valence-electron chi connectivity index (χ0n) is 10.9. The summed E-state index contributed by atoms with van der Waals surface area (Å²) in [7, 11) is -3.62. The number of primary sulfonamides is 1. The Labute approximate surface area is 114 Å². The fraction of sp³-hybridized carbons (Fsp3) is 0.538. The maximum Gasteiger partial charge on any atom is 0.238 e. The molecule has 0 heterocycles. The maximum absolute atomic E-state index is 11.3. The highest BCUT2D eigenvalue weighted by atomic mass is 32.2. The number of rotatable bonds is 4. The van der Waals surface area contributed by atoms with Gasteiger partial charge in [0.25, 0.3) is 0 Å². The molecule has 6 heteroatoms. The molecule has 0 atom stereocenters. The molecule has 1 saturated carbocycles. The van der Waals surface area contributed by atoms with E-state index in [4.69, 9.17) is 10.9 Å². The van der Waals surface area contributed by atoms with Crippen molar-refractivity contribution in [1.82, 2.24) is 5.32 Å². The van der Waals surface area contributed by atoms with Gasteiger partial charge in [-0.25, -0.2) is 13.6 Å². The molecule has 0 aromatic heterocycles. The number of sulfonamides is 1. The van der Waals surface area contributed by atoms with Crippen molar-refractivity contribution in [2.24, 2.45) is 10.9 Å². The van der Waals surface area contributed by atoms with Gasteiger partial charge in [-0.15, -0.1) is 0 Å². The lowest BCUT2D eigenvalue weighted by Crippen LogP contribution is -2.37. The Hall–Kier alpha value is -0.950. The van der Waals surface area contributed by atoms with Crippen LogP contribution in [0.4, 0.5) is 0 Å². The lowest BCUT2D eigenvalue weighted by Gasteiger charge is -2.27. The molecule has 0 bridgehead atoms. The van der Waals surface area contributed by atoms with Gasteiger partial charge in [-0.05, 0) is 43.4 Å². The largest absolute Gasteiger partial charge is 0.328 e. The number of nitrogens with two attached hydrogens (primary N) is 2. The number of hydrogen-bond acceptors (Lipinski definition) is 4. The third-order valence-electron chi connectivity index (χ3n) is 3.59. The summed E-state index contributed by atoms with van der Waals surface area (Å²) in [6, 6.07) is 7.56. The van der Waals surface area contributed by atoms with Crippen LogP contribution in [0.1, 0.15) is 31.2 Å². The van der Waals surface area contributed by atoms with E-state index in [9.17, 15) is 8.42 Å². The van der Waals surface area contributed by atoms with Crippen LogP contribution in [0.2, 0.25) is 0 Å². The van der Waals surface area contributed by atoms with Crippen molar-refractivity contribution in [2.75, 3.05) is 0 Å². The highest BCUT2D eigenvalue weighted by Crippen LogP contribution is 2.17. The molecular formula is C13H21N3O2S. The zero-order chi connectivity index (χ0) is 13.9. The van der Waals surface area contributed by atoms with Gasteiger partial charge in [-0.2, -0.15) is 0 Å². The van der Waals surface area contributed by atoms with Crippen molar-refractivity contribution >= 4 is 10.0 Å². The molecule has 5 N–H and O–H groups in total. The fourth-order valence-electron chi connectivity index (χ4n) is 2.42. The monoisotopic (exact) mass is 283 g/mol. The van der Waals surface area contributed by atoms with E-state index in [2.05, 4.69) is 5.32 Å². The zero-order valence-corrected chi connectivity index (χ0v) is 11.7. The Bertz CT molecular complexity index is 522. The van der Waals surface area contributed by atoms with Gasteiger partial charge in [0, 0.05) is 18.6 Å². The van der Waals surface area contributed by atoms with Gasteiger partial charge in [0.1, 0.15) is 0 Å². The molecule has 2 rings (SSSR count). The molecule has 1 fully saturated rings. The number of hydrogen-bond donors (Lipinski definition) is 3. The Morgan fingerprint density at radius 2 is 1.89 bits per heavy atom. The van der Waals surface area contributed by atoms with Crippen molar-refractivity contribution in [3.8, 4) is 0 Å². The van der Waals surface area contributed by atoms with Gasteiger partial charge in [-0.3, -0.25) is 0 Å². The molecule has 0 radical (unpaired) electrons. The van der Waals surface area contributed by atoms with Crippen LogP contribution in [0, 0.1) is 0 Å². The summed E-state index contributed by atoms with van der Waals surface area (Å²) in [6.07, 6.45) is 4.26. The summed E-state index contributed by atoms with van der Waals surface area (Å²) in [6.45, 7) is 0.656. The summed E-state index contributed by atoms with van der Waals surface area (Å²) in [4.78, 5) is 0.164. The van der Waals surface area contributed by atoms with Crippen LogP contribution in [0.5, 0.6) is 0 Å². The average molecular weight is 283 g/mol. The van der Waals surface area contributed by atoms with E-state index in [-0.39, 0.29) is 4.90 Å². The Kier molecular flexibility index (Phi) is 4.57. The van der Waals surface area contributed by atoms with Crippen LogP contribution >= 0.6 is 0 Å². The van der Waals surface area contributed by atoms with E-state index in [0.29, 0.717) is 18.6 Å². The molecule has 0 saturated heterocycles. The second-order valence-corrected chi connectivity index (χ2v) is 6.75. The van der Waals surface area contributed by atoms with E-state index in [1.54, 1.807) is 12.1 Å². The Balaban J connectivity index is 1.93. The second-order valence-electron chi connectivity index (χ2n) is 5.19. The van der Waals surface area contributed by atoms with Crippen molar-refractivity contribution in [2.45, 2.75) is 49.2 Å². The first-order chi connectivity index (χ1) is 8.95. The van der Waals surface area contributed by atoms with Gasteiger partial charge in [-0.1, -0.05) is 12.1 Å². The van der Waals surface area contributed by atoms with Crippen LogP contribution in [0.15, 0.2) is 29.2 Å². The van der Waals surface area contributed by atoms with Gasteiger partial charge >= 0.3 is 0 Å². The van der Waals surface area contributed by atoms with E-state index in [0.717, 1.165) is 31.2 Å². The SMILES string of the molecule is NC1CCC(NCc2cccc(S(N)(=O)=O)c2)CC1. The van der Waals surface area contributed by atoms with Crippen molar-refractivity contribution in [3.05, 3.63) is 29.8 Å². The second kappa shape index (κ2) is 6.00. The molecule has 1 aromatic rings. The number of nitrogens with one attached hydrogen (secondary N) is 1. The van der Waals surface area contributed by atoms with Gasteiger partial charge in [0.15, 0.2) is 0 Å². The van der Waals surface area contributed by atoms with E-state index >= 15 is 0 Å². The third-order valence-corrected chi connectivity index (χ3v) is 4.50. The summed E-state index contributed by atoms with van der Waals surface area (Å²) in [5.41, 5.74) is 6.80. The topological polar surface area (TPSA) is 98.2 Å². The first kappa shape index (κ1) is 14.5. The van der Waals surface area contributed by atoms with Crippen LogP contribution in [0.25, 0.3) is 0 Å². The highest BCUT2D eigenvalue weighted by Gasteiger charge is 2.17. The third kappa shape index (κ3) is 4.28. The molecule has 0 aliphatic heterocycles. The minimum absolute atomic E-state index is 0.164. The summed E-state index contributed by atoms with van der Waals surface area (Å²) in [5.74, 6) is 0. The van der Waals surface area contributed by atoms with Crippen LogP contribution in [-0.2, 0) is 16.6 Å². The number of benzene rings is 1. The predicted octanol–water partition coefficient (Wildman–Crippen LogP) is 0.693. The minimum atomic E-state index is -3.62. The summed E-state index contributed by atoms with van der Waals surface area (Å²) in [5, 5.41) is 8.56. The Morgan fingerprint density at radius 1 is 1.21 bits per heavy atom. The molecule has 0 spiro atoms. The lowest BCUT2D eigenvalue weighted by molar-refractivity contribution is 0.342. The first-order valence-corrected chi connectivity index (χ1v) is 8.10. The van der Waals surface area contributed by atoms with Crippen molar-refractivity contribution in [1.29, 1.82) is 0 Å². The predicted molar refractivity (Wildman–Crippen MR) is 74.9 cm³/mol. The van der Waals surface area contributed by atoms with Gasteiger partial charge in [0.05, 0.1) is 4.90 Å². The summed E-state index contributed by atoms with van der Waals surface area (Å²) < 4.78 is 22.5. The molecule has 1 aliphatic rings. The molecule has 106 valence electrons. The highest BCUT2D eigenvalue weighted by molar-refractivity contribution is 7.89. The molecule has 19 heavy (non-hydrogen) atoms.